The Kier molecular flexibility index (Phi) is 8.14. The van der Waals surface area contributed by atoms with Gasteiger partial charge in [0.15, 0.2) is 0 Å². The van der Waals surface area contributed by atoms with E-state index >= 15 is 0 Å². The van der Waals surface area contributed by atoms with Gasteiger partial charge in [0.2, 0.25) is 11.8 Å². The number of likely N-dealkylation sites (tertiary alicyclic amines) is 1. The molecule has 2 amide bonds. The summed E-state index contributed by atoms with van der Waals surface area (Å²) >= 11 is 1.40. The summed E-state index contributed by atoms with van der Waals surface area (Å²) in [5.41, 5.74) is 3.10. The van der Waals surface area contributed by atoms with E-state index in [4.69, 9.17) is 9.72 Å². The third-order valence-electron chi connectivity index (χ3n) is 7.70. The van der Waals surface area contributed by atoms with Crippen LogP contribution >= 0.6 is 11.3 Å². The van der Waals surface area contributed by atoms with Crippen LogP contribution in [0.3, 0.4) is 0 Å². The molecule has 0 radical (unpaired) electrons. The second-order valence-corrected chi connectivity index (χ2v) is 11.6. The van der Waals surface area contributed by atoms with Crippen molar-refractivity contribution in [3.63, 3.8) is 0 Å². The molecular weight excluding hydrogens is 536 g/mol. The molecule has 1 N–H and O–H groups in total. The van der Waals surface area contributed by atoms with Gasteiger partial charge in [-0.05, 0) is 57.1 Å². The summed E-state index contributed by atoms with van der Waals surface area (Å²) in [7, 11) is 5.49. The molecule has 11 heteroatoms. The Bertz CT molecular complexity index is 1380. The average molecular weight is 570 g/mol. The van der Waals surface area contributed by atoms with Crippen LogP contribution in [0.2, 0.25) is 0 Å². The van der Waals surface area contributed by atoms with Gasteiger partial charge in [-0.2, -0.15) is 0 Å². The number of halogens is 2. The standard InChI is InChI=1S/C29H33F2N5O3S/c1-35-8-6-21(7-9-35)36(2)28(38)22-5-4-19(11-25(22)39-3)23-15-32-16-24(34-23)26-12-20(17-40-26)33-27(37)10-18-13-29(30,31)14-18/h4-5,11-12,15-18,21H,6-10,13-14H2,1-3H3,(H,33,37). The van der Waals surface area contributed by atoms with Crippen molar-refractivity contribution in [3.8, 4) is 27.6 Å². The van der Waals surface area contributed by atoms with E-state index < -0.39 is 5.92 Å². The topological polar surface area (TPSA) is 87.7 Å². The fourth-order valence-electron chi connectivity index (χ4n) is 5.33. The smallest absolute Gasteiger partial charge is 0.257 e. The lowest BCUT2D eigenvalue weighted by Gasteiger charge is -2.35. The molecule has 3 aromatic rings. The fourth-order valence-corrected chi connectivity index (χ4v) is 6.12. The van der Waals surface area contributed by atoms with Crippen LogP contribution in [0.4, 0.5) is 14.5 Å². The zero-order valence-corrected chi connectivity index (χ0v) is 23.6. The van der Waals surface area contributed by atoms with Crippen molar-refractivity contribution in [3.05, 3.63) is 47.6 Å². The highest BCUT2D eigenvalue weighted by Gasteiger charge is 2.45. The highest BCUT2D eigenvalue weighted by molar-refractivity contribution is 7.14. The molecular formula is C29H33F2N5O3S. The quantitative estimate of drug-likeness (QED) is 0.390. The van der Waals surface area contributed by atoms with Gasteiger partial charge >= 0.3 is 0 Å². The Hall–Kier alpha value is -3.44. The largest absolute Gasteiger partial charge is 0.496 e. The molecule has 1 saturated carbocycles. The van der Waals surface area contributed by atoms with Crippen LogP contribution in [-0.2, 0) is 4.79 Å². The Labute approximate surface area is 236 Å². The van der Waals surface area contributed by atoms with E-state index in [2.05, 4.69) is 22.2 Å². The van der Waals surface area contributed by atoms with Crippen LogP contribution in [0.5, 0.6) is 5.75 Å². The van der Waals surface area contributed by atoms with Crippen LogP contribution in [-0.4, -0.2) is 77.8 Å². The molecule has 5 rings (SSSR count). The molecule has 1 aliphatic carbocycles. The predicted octanol–water partition coefficient (Wildman–Crippen LogP) is 5.42. The van der Waals surface area contributed by atoms with Gasteiger partial charge in [0.05, 0.1) is 47.0 Å². The van der Waals surface area contributed by atoms with E-state index in [9.17, 15) is 18.4 Å². The van der Waals surface area contributed by atoms with Gasteiger partial charge in [-0.1, -0.05) is 6.07 Å². The fraction of sp³-hybridized carbons (Fsp3) is 0.448. The van der Waals surface area contributed by atoms with E-state index in [-0.39, 0.29) is 43.0 Å². The molecule has 0 atom stereocenters. The first-order chi connectivity index (χ1) is 19.1. The zero-order valence-electron chi connectivity index (χ0n) is 22.8. The number of thiophene rings is 1. The minimum atomic E-state index is -2.63. The second kappa shape index (κ2) is 11.6. The normalized spacial score (nSPS) is 17.7. The Morgan fingerprint density at radius 1 is 1.18 bits per heavy atom. The molecule has 2 fully saturated rings. The number of amides is 2. The molecule has 1 aliphatic heterocycles. The maximum atomic E-state index is 13.3. The maximum Gasteiger partial charge on any atom is 0.257 e. The molecule has 3 heterocycles. The van der Waals surface area contributed by atoms with E-state index in [1.807, 2.05) is 18.0 Å². The van der Waals surface area contributed by atoms with E-state index in [0.717, 1.165) is 36.4 Å². The number of ether oxygens (including phenoxy) is 1. The number of piperidine rings is 1. The molecule has 1 saturated heterocycles. The highest BCUT2D eigenvalue weighted by atomic mass is 32.1. The number of alkyl halides is 2. The highest BCUT2D eigenvalue weighted by Crippen LogP contribution is 2.44. The van der Waals surface area contributed by atoms with Crippen molar-refractivity contribution in [1.29, 1.82) is 0 Å². The van der Waals surface area contributed by atoms with Crippen LogP contribution in [0.25, 0.3) is 21.8 Å². The summed E-state index contributed by atoms with van der Waals surface area (Å²) in [5.74, 6) is -2.78. The van der Waals surface area contributed by atoms with Gasteiger partial charge in [0, 0.05) is 43.3 Å². The number of benzene rings is 1. The Morgan fingerprint density at radius 3 is 2.60 bits per heavy atom. The maximum absolute atomic E-state index is 13.3. The lowest BCUT2D eigenvalue weighted by Crippen LogP contribution is -2.44. The molecule has 212 valence electrons. The lowest BCUT2D eigenvalue weighted by molar-refractivity contribution is -0.129. The monoisotopic (exact) mass is 569 g/mol. The number of anilines is 1. The van der Waals surface area contributed by atoms with Gasteiger partial charge in [-0.15, -0.1) is 11.3 Å². The number of carbonyl (C=O) groups is 2. The lowest BCUT2D eigenvalue weighted by atomic mass is 9.79. The number of nitrogens with one attached hydrogen (secondary N) is 1. The van der Waals surface area contributed by atoms with Crippen molar-refractivity contribution in [2.75, 3.05) is 39.6 Å². The van der Waals surface area contributed by atoms with E-state index in [1.54, 1.807) is 43.1 Å². The molecule has 0 spiro atoms. The van der Waals surface area contributed by atoms with Crippen molar-refractivity contribution in [2.45, 2.75) is 44.1 Å². The summed E-state index contributed by atoms with van der Waals surface area (Å²) in [6.07, 6.45) is 4.80. The molecule has 40 heavy (non-hydrogen) atoms. The van der Waals surface area contributed by atoms with Crippen LogP contribution < -0.4 is 10.1 Å². The summed E-state index contributed by atoms with van der Waals surface area (Å²) < 4.78 is 31.7. The van der Waals surface area contributed by atoms with Crippen LogP contribution in [0.1, 0.15) is 42.5 Å². The third kappa shape index (κ3) is 6.31. The number of carbonyl (C=O) groups excluding carboxylic acids is 2. The van der Waals surface area contributed by atoms with Crippen molar-refractivity contribution in [2.24, 2.45) is 5.92 Å². The Morgan fingerprint density at radius 2 is 1.90 bits per heavy atom. The summed E-state index contributed by atoms with van der Waals surface area (Å²) in [6.45, 7) is 1.93. The zero-order chi connectivity index (χ0) is 28.4. The summed E-state index contributed by atoms with van der Waals surface area (Å²) in [4.78, 5) is 39.6. The van der Waals surface area contributed by atoms with Crippen molar-refractivity contribution >= 4 is 28.8 Å². The first-order valence-corrected chi connectivity index (χ1v) is 14.2. The minimum absolute atomic E-state index is 0.0722. The molecule has 0 unspecified atom stereocenters. The van der Waals surface area contributed by atoms with Crippen LogP contribution in [0.15, 0.2) is 42.0 Å². The minimum Gasteiger partial charge on any atom is -0.496 e. The number of hydrogen-bond acceptors (Lipinski definition) is 7. The molecule has 2 aliphatic rings. The van der Waals surface area contributed by atoms with Gasteiger partial charge in [-0.3, -0.25) is 14.6 Å². The Balaban J connectivity index is 1.27. The molecule has 2 aromatic heterocycles. The first-order valence-electron chi connectivity index (χ1n) is 13.3. The van der Waals surface area contributed by atoms with Gasteiger partial charge in [0.1, 0.15) is 5.75 Å². The second-order valence-electron chi connectivity index (χ2n) is 10.7. The van der Waals surface area contributed by atoms with Gasteiger partial charge < -0.3 is 19.9 Å². The SMILES string of the molecule is COc1cc(-c2cncc(-c3cc(NC(=O)CC4CC(F)(F)C4)cs3)n2)ccc1C(=O)N(C)C1CCN(C)CC1. The van der Waals surface area contributed by atoms with E-state index in [1.165, 1.54) is 11.3 Å². The van der Waals surface area contributed by atoms with Gasteiger partial charge in [0.25, 0.3) is 5.91 Å². The average Bonchev–Trinajstić information content (AvgIpc) is 3.39. The number of hydrogen-bond donors (Lipinski definition) is 1. The van der Waals surface area contributed by atoms with Gasteiger partial charge in [-0.25, -0.2) is 13.8 Å². The number of methoxy groups -OCH3 is 1. The summed E-state index contributed by atoms with van der Waals surface area (Å²) in [5, 5.41) is 4.59. The third-order valence-corrected chi connectivity index (χ3v) is 8.66. The molecule has 1 aromatic carbocycles. The predicted molar refractivity (Wildman–Crippen MR) is 151 cm³/mol. The number of rotatable bonds is 8. The van der Waals surface area contributed by atoms with Crippen molar-refractivity contribution in [1.82, 2.24) is 19.8 Å². The van der Waals surface area contributed by atoms with Crippen LogP contribution in [0, 0.1) is 5.92 Å². The van der Waals surface area contributed by atoms with Crippen molar-refractivity contribution < 1.29 is 23.1 Å². The number of aromatic nitrogens is 2. The molecule has 0 bridgehead atoms. The summed E-state index contributed by atoms with van der Waals surface area (Å²) in [6, 6.07) is 7.41. The number of nitrogens with zero attached hydrogens (tertiary/aromatic N) is 4. The molecule has 8 nitrogen and oxygen atoms in total. The van der Waals surface area contributed by atoms with E-state index in [0.29, 0.717) is 28.4 Å². The first kappa shape index (κ1) is 28.1.